The maximum Gasteiger partial charge on any atom is 0.161 e. The summed E-state index contributed by atoms with van der Waals surface area (Å²) in [5.74, 6) is 3.18. The smallest absolute Gasteiger partial charge is 0.161 e. The highest BCUT2D eigenvalue weighted by Gasteiger charge is 2.38. The molecule has 22 heavy (non-hydrogen) atoms. The molecule has 0 radical (unpaired) electrons. The summed E-state index contributed by atoms with van der Waals surface area (Å²) in [5, 5.41) is 0. The van der Waals surface area contributed by atoms with Crippen molar-refractivity contribution >= 4 is 0 Å². The minimum atomic E-state index is 0.406. The highest BCUT2D eigenvalue weighted by Crippen LogP contribution is 2.35. The van der Waals surface area contributed by atoms with Gasteiger partial charge in [-0.25, -0.2) is 0 Å². The van der Waals surface area contributed by atoms with Crippen LogP contribution in [0.25, 0.3) is 0 Å². The Morgan fingerprint density at radius 2 is 1.91 bits per heavy atom. The van der Waals surface area contributed by atoms with E-state index in [0.29, 0.717) is 25.2 Å². The average molecular weight is 304 g/mol. The Balaban J connectivity index is 1.48. The Kier molecular flexibility index (Phi) is 5.21. The van der Waals surface area contributed by atoms with Crippen molar-refractivity contribution in [2.45, 2.75) is 32.2 Å². The molecule has 3 rings (SSSR count). The first kappa shape index (κ1) is 15.6. The average Bonchev–Trinajstić information content (AvgIpc) is 2.94. The van der Waals surface area contributed by atoms with Gasteiger partial charge in [-0.15, -0.1) is 0 Å². The molecule has 1 saturated carbocycles. The molecule has 2 aliphatic rings. The van der Waals surface area contributed by atoms with Crippen LogP contribution in [0.5, 0.6) is 11.5 Å². The monoisotopic (exact) mass is 304 g/mol. The number of fused-ring (bicyclic) bond motifs is 1. The summed E-state index contributed by atoms with van der Waals surface area (Å²) in [4.78, 5) is 2.52. The second kappa shape index (κ2) is 7.34. The van der Waals surface area contributed by atoms with Gasteiger partial charge in [0.25, 0.3) is 0 Å². The Morgan fingerprint density at radius 3 is 2.64 bits per heavy atom. The van der Waals surface area contributed by atoms with Crippen molar-refractivity contribution in [1.82, 2.24) is 4.90 Å². The van der Waals surface area contributed by atoms with Crippen molar-refractivity contribution in [2.24, 2.45) is 17.6 Å². The minimum Gasteiger partial charge on any atom is -0.490 e. The fourth-order valence-corrected chi connectivity index (χ4v) is 3.92. The lowest BCUT2D eigenvalue weighted by molar-refractivity contribution is 0.220. The molecule has 3 unspecified atom stereocenters. The highest BCUT2D eigenvalue weighted by molar-refractivity contribution is 5.39. The molecule has 0 amide bonds. The van der Waals surface area contributed by atoms with E-state index < -0.39 is 0 Å². The van der Waals surface area contributed by atoms with E-state index in [9.17, 15) is 0 Å². The molecule has 0 bridgehead atoms. The van der Waals surface area contributed by atoms with E-state index in [4.69, 9.17) is 15.2 Å². The summed E-state index contributed by atoms with van der Waals surface area (Å²) in [6.45, 7) is 6.66. The molecule has 0 spiro atoms. The van der Waals surface area contributed by atoms with Gasteiger partial charge in [0.1, 0.15) is 6.61 Å². The molecular weight excluding hydrogens is 276 g/mol. The van der Waals surface area contributed by atoms with Crippen LogP contribution < -0.4 is 15.2 Å². The van der Waals surface area contributed by atoms with Crippen LogP contribution >= 0.6 is 0 Å². The van der Waals surface area contributed by atoms with Crippen molar-refractivity contribution in [3.63, 3.8) is 0 Å². The zero-order valence-corrected chi connectivity index (χ0v) is 13.5. The maximum absolute atomic E-state index is 6.28. The van der Waals surface area contributed by atoms with Crippen LogP contribution in [0, 0.1) is 11.8 Å². The highest BCUT2D eigenvalue weighted by atomic mass is 16.5. The topological polar surface area (TPSA) is 47.7 Å². The maximum atomic E-state index is 6.28. The number of ether oxygens (including phenoxy) is 2. The third-order valence-electron chi connectivity index (χ3n) is 5.04. The van der Waals surface area contributed by atoms with Gasteiger partial charge in [0.15, 0.2) is 11.5 Å². The number of hydrogen-bond donors (Lipinski definition) is 1. The van der Waals surface area contributed by atoms with Crippen molar-refractivity contribution in [2.75, 3.05) is 32.8 Å². The van der Waals surface area contributed by atoms with Gasteiger partial charge in [0, 0.05) is 25.7 Å². The van der Waals surface area contributed by atoms with E-state index in [-0.39, 0.29) is 0 Å². The Hall–Kier alpha value is -1.26. The second-order valence-corrected chi connectivity index (χ2v) is 6.51. The van der Waals surface area contributed by atoms with Crippen LogP contribution in [-0.4, -0.2) is 43.8 Å². The summed E-state index contributed by atoms with van der Waals surface area (Å²) in [6, 6.07) is 8.31. The number of nitrogens with zero attached hydrogens (tertiary/aromatic N) is 1. The first-order chi connectivity index (χ1) is 10.8. The van der Waals surface area contributed by atoms with Crippen LogP contribution in [0.1, 0.15) is 26.2 Å². The number of para-hydroxylation sites is 2. The quantitative estimate of drug-likeness (QED) is 0.877. The van der Waals surface area contributed by atoms with Crippen molar-refractivity contribution in [3.8, 4) is 11.5 Å². The molecular formula is C18H28N2O2. The standard InChI is InChI=1S/C18H28N2O2/c1-2-21-17-8-3-4-9-18(17)22-11-10-20-12-14-6-5-7-16(19)15(14)13-20/h3-4,8-9,14-16H,2,5-7,10-13,19H2,1H3. The molecule has 1 aliphatic carbocycles. The third-order valence-corrected chi connectivity index (χ3v) is 5.04. The van der Waals surface area contributed by atoms with E-state index >= 15 is 0 Å². The molecule has 2 fully saturated rings. The van der Waals surface area contributed by atoms with Gasteiger partial charge in [-0.05, 0) is 43.7 Å². The lowest BCUT2D eigenvalue weighted by atomic mass is 9.78. The Bertz CT molecular complexity index is 480. The first-order valence-corrected chi connectivity index (χ1v) is 8.60. The van der Waals surface area contributed by atoms with Crippen LogP contribution in [0.2, 0.25) is 0 Å². The largest absolute Gasteiger partial charge is 0.490 e. The third kappa shape index (κ3) is 3.55. The predicted octanol–water partition coefficient (Wildman–Crippen LogP) is 2.52. The molecule has 1 saturated heterocycles. The molecule has 1 aromatic carbocycles. The van der Waals surface area contributed by atoms with Gasteiger partial charge >= 0.3 is 0 Å². The van der Waals surface area contributed by atoms with Crippen molar-refractivity contribution < 1.29 is 9.47 Å². The summed E-state index contributed by atoms with van der Waals surface area (Å²) in [6.07, 6.45) is 3.85. The summed E-state index contributed by atoms with van der Waals surface area (Å²) >= 11 is 0. The first-order valence-electron chi connectivity index (χ1n) is 8.60. The molecule has 1 heterocycles. The molecule has 3 atom stereocenters. The Labute approximate surface area is 133 Å². The lowest BCUT2D eigenvalue weighted by Gasteiger charge is -2.29. The van der Waals surface area contributed by atoms with Crippen LogP contribution in [0.15, 0.2) is 24.3 Å². The van der Waals surface area contributed by atoms with E-state index in [1.165, 1.54) is 25.8 Å². The number of rotatable bonds is 6. The van der Waals surface area contributed by atoms with Gasteiger partial charge in [0.2, 0.25) is 0 Å². The SMILES string of the molecule is CCOc1ccccc1OCCN1CC2CCCC(N)C2C1. The second-order valence-electron chi connectivity index (χ2n) is 6.51. The summed E-state index contributed by atoms with van der Waals surface area (Å²) in [5.41, 5.74) is 6.28. The van der Waals surface area contributed by atoms with Gasteiger partial charge in [-0.3, -0.25) is 4.90 Å². The number of benzene rings is 1. The molecule has 4 nitrogen and oxygen atoms in total. The van der Waals surface area contributed by atoms with Crippen molar-refractivity contribution in [1.29, 1.82) is 0 Å². The van der Waals surface area contributed by atoms with E-state index in [0.717, 1.165) is 30.5 Å². The van der Waals surface area contributed by atoms with Crippen LogP contribution in [0.4, 0.5) is 0 Å². The van der Waals surface area contributed by atoms with E-state index in [1.54, 1.807) is 0 Å². The zero-order valence-electron chi connectivity index (χ0n) is 13.5. The van der Waals surface area contributed by atoms with Gasteiger partial charge in [-0.2, -0.15) is 0 Å². The van der Waals surface area contributed by atoms with Crippen LogP contribution in [-0.2, 0) is 0 Å². The fraction of sp³-hybridized carbons (Fsp3) is 0.667. The fourth-order valence-electron chi connectivity index (χ4n) is 3.92. The molecule has 0 aromatic heterocycles. The molecule has 2 N–H and O–H groups in total. The zero-order chi connectivity index (χ0) is 15.4. The normalized spacial score (nSPS) is 28.4. The van der Waals surface area contributed by atoms with Gasteiger partial charge < -0.3 is 15.2 Å². The van der Waals surface area contributed by atoms with E-state index in [1.807, 2.05) is 31.2 Å². The summed E-state index contributed by atoms with van der Waals surface area (Å²) < 4.78 is 11.5. The Morgan fingerprint density at radius 1 is 1.14 bits per heavy atom. The van der Waals surface area contributed by atoms with E-state index in [2.05, 4.69) is 4.90 Å². The summed E-state index contributed by atoms with van der Waals surface area (Å²) in [7, 11) is 0. The number of nitrogens with two attached hydrogens (primary N) is 1. The number of hydrogen-bond acceptors (Lipinski definition) is 4. The van der Waals surface area contributed by atoms with Gasteiger partial charge in [-0.1, -0.05) is 18.6 Å². The minimum absolute atomic E-state index is 0.406. The van der Waals surface area contributed by atoms with Gasteiger partial charge in [0.05, 0.1) is 6.61 Å². The number of likely N-dealkylation sites (tertiary alicyclic amines) is 1. The molecule has 1 aromatic rings. The predicted molar refractivity (Wildman–Crippen MR) is 88.4 cm³/mol. The lowest BCUT2D eigenvalue weighted by Crippen LogP contribution is -2.38. The van der Waals surface area contributed by atoms with Crippen LogP contribution in [0.3, 0.4) is 0 Å². The molecule has 4 heteroatoms. The molecule has 1 aliphatic heterocycles. The molecule has 122 valence electrons. The van der Waals surface area contributed by atoms with Crippen molar-refractivity contribution in [3.05, 3.63) is 24.3 Å².